The van der Waals surface area contributed by atoms with Gasteiger partial charge >= 0.3 is 6.03 Å². The molecule has 3 aromatic rings. The van der Waals surface area contributed by atoms with E-state index in [0.717, 1.165) is 11.8 Å². The van der Waals surface area contributed by atoms with Crippen molar-refractivity contribution in [2.45, 2.75) is 25.5 Å². The van der Waals surface area contributed by atoms with Gasteiger partial charge in [0, 0.05) is 38.2 Å². The highest BCUT2D eigenvalue weighted by atomic mass is 19.2. The van der Waals surface area contributed by atoms with E-state index in [-0.39, 0.29) is 18.6 Å². The lowest BCUT2D eigenvalue weighted by atomic mass is 9.94. The predicted octanol–water partition coefficient (Wildman–Crippen LogP) is 3.19. The Labute approximate surface area is 202 Å². The Morgan fingerprint density at radius 2 is 1.94 bits per heavy atom. The van der Waals surface area contributed by atoms with Gasteiger partial charge in [-0.15, -0.1) is 0 Å². The SMILES string of the molecule is COCCN1CC(NC(=O)Nc2c(C)c(CO)nn2-c2ccccc2)C(c2ccc(F)c(F)c2)C1. The largest absolute Gasteiger partial charge is 0.390 e. The molecule has 1 aromatic heterocycles. The lowest BCUT2D eigenvalue weighted by Gasteiger charge is -2.21. The van der Waals surface area contributed by atoms with E-state index in [1.165, 1.54) is 6.07 Å². The summed E-state index contributed by atoms with van der Waals surface area (Å²) in [5, 5.41) is 20.0. The first-order chi connectivity index (χ1) is 16.9. The second-order valence-corrected chi connectivity index (χ2v) is 8.56. The summed E-state index contributed by atoms with van der Waals surface area (Å²) >= 11 is 0. The van der Waals surface area contributed by atoms with Crippen molar-refractivity contribution in [3.8, 4) is 5.69 Å². The van der Waals surface area contributed by atoms with Crippen LogP contribution in [0.3, 0.4) is 0 Å². The van der Waals surface area contributed by atoms with Crippen molar-refractivity contribution in [3.05, 3.63) is 77.0 Å². The smallest absolute Gasteiger partial charge is 0.320 e. The first-order valence-electron chi connectivity index (χ1n) is 11.4. The number of likely N-dealkylation sites (tertiary alicyclic amines) is 1. The highest BCUT2D eigenvalue weighted by molar-refractivity contribution is 5.90. The number of halogens is 2. The monoisotopic (exact) mass is 485 g/mol. The van der Waals surface area contributed by atoms with Gasteiger partial charge in [0.2, 0.25) is 0 Å². The van der Waals surface area contributed by atoms with Crippen LogP contribution in [0.4, 0.5) is 19.4 Å². The first-order valence-corrected chi connectivity index (χ1v) is 11.4. The van der Waals surface area contributed by atoms with Crippen LogP contribution >= 0.6 is 0 Å². The van der Waals surface area contributed by atoms with Gasteiger partial charge in [-0.3, -0.25) is 10.2 Å². The van der Waals surface area contributed by atoms with Crippen LogP contribution in [-0.4, -0.2) is 65.2 Å². The zero-order valence-corrected chi connectivity index (χ0v) is 19.7. The summed E-state index contributed by atoms with van der Waals surface area (Å²) in [6.45, 7) is 3.77. The number of amides is 2. The van der Waals surface area contributed by atoms with Crippen molar-refractivity contribution in [3.63, 3.8) is 0 Å². The minimum atomic E-state index is -0.917. The third kappa shape index (κ3) is 5.50. The van der Waals surface area contributed by atoms with Crippen LogP contribution < -0.4 is 10.6 Å². The maximum Gasteiger partial charge on any atom is 0.320 e. The van der Waals surface area contributed by atoms with Gasteiger partial charge in [-0.25, -0.2) is 18.3 Å². The molecule has 2 amide bonds. The molecule has 4 rings (SSSR count). The summed E-state index contributed by atoms with van der Waals surface area (Å²) in [4.78, 5) is 15.2. The van der Waals surface area contributed by atoms with Crippen molar-refractivity contribution in [2.24, 2.45) is 0 Å². The summed E-state index contributed by atoms with van der Waals surface area (Å²) in [5.74, 6) is -1.62. The average Bonchev–Trinajstić information content (AvgIpc) is 3.40. The summed E-state index contributed by atoms with van der Waals surface area (Å²) in [7, 11) is 1.62. The van der Waals surface area contributed by atoms with E-state index in [1.807, 2.05) is 30.3 Å². The first kappa shape index (κ1) is 24.8. The number of carbonyl (C=O) groups is 1. The number of anilines is 1. The molecule has 0 saturated carbocycles. The minimum Gasteiger partial charge on any atom is -0.390 e. The van der Waals surface area contributed by atoms with E-state index in [9.17, 15) is 18.7 Å². The van der Waals surface area contributed by atoms with E-state index in [1.54, 1.807) is 24.8 Å². The van der Waals surface area contributed by atoms with Gasteiger partial charge in [0.15, 0.2) is 11.6 Å². The number of nitrogens with zero attached hydrogens (tertiary/aromatic N) is 3. The average molecular weight is 486 g/mol. The van der Waals surface area contributed by atoms with Crippen LogP contribution in [-0.2, 0) is 11.3 Å². The third-order valence-electron chi connectivity index (χ3n) is 6.30. The molecule has 0 bridgehead atoms. The van der Waals surface area contributed by atoms with Crippen LogP contribution in [0.2, 0.25) is 0 Å². The van der Waals surface area contributed by atoms with Crippen LogP contribution in [0, 0.1) is 18.6 Å². The number of para-hydroxylation sites is 1. The predicted molar refractivity (Wildman–Crippen MR) is 128 cm³/mol. The molecule has 0 spiro atoms. The molecule has 35 heavy (non-hydrogen) atoms. The molecule has 1 saturated heterocycles. The van der Waals surface area contributed by atoms with Crippen molar-refractivity contribution in [1.82, 2.24) is 20.0 Å². The number of hydrogen-bond donors (Lipinski definition) is 3. The van der Waals surface area contributed by atoms with E-state index in [2.05, 4.69) is 20.6 Å². The third-order valence-corrected chi connectivity index (χ3v) is 6.30. The Kier molecular flexibility index (Phi) is 7.74. The Morgan fingerprint density at radius 3 is 2.63 bits per heavy atom. The molecule has 8 nitrogen and oxygen atoms in total. The van der Waals surface area contributed by atoms with Crippen molar-refractivity contribution in [2.75, 3.05) is 38.7 Å². The van der Waals surface area contributed by atoms with E-state index in [4.69, 9.17) is 4.74 Å². The highest BCUT2D eigenvalue weighted by Crippen LogP contribution is 2.29. The van der Waals surface area contributed by atoms with Gasteiger partial charge in [-0.05, 0) is 36.8 Å². The van der Waals surface area contributed by atoms with Gasteiger partial charge in [0.1, 0.15) is 5.82 Å². The number of rotatable bonds is 8. The number of nitrogens with one attached hydrogen (secondary N) is 2. The normalized spacial score (nSPS) is 18.1. The van der Waals surface area contributed by atoms with Gasteiger partial charge in [-0.1, -0.05) is 24.3 Å². The van der Waals surface area contributed by atoms with Gasteiger partial charge in [0.25, 0.3) is 0 Å². The fraction of sp³-hybridized carbons (Fsp3) is 0.360. The second kappa shape index (κ2) is 10.9. The van der Waals surface area contributed by atoms with Crippen LogP contribution in [0.15, 0.2) is 48.5 Å². The number of ether oxygens (including phenoxy) is 1. The molecule has 2 aromatic carbocycles. The zero-order valence-electron chi connectivity index (χ0n) is 19.7. The molecule has 2 heterocycles. The summed E-state index contributed by atoms with van der Waals surface area (Å²) in [5.41, 5.74) is 2.45. The summed E-state index contributed by atoms with van der Waals surface area (Å²) in [6, 6.07) is 12.3. The molecule has 1 fully saturated rings. The van der Waals surface area contributed by atoms with Gasteiger partial charge < -0.3 is 15.2 Å². The lowest BCUT2D eigenvalue weighted by Crippen LogP contribution is -2.42. The maximum atomic E-state index is 14.0. The molecule has 2 unspecified atom stereocenters. The van der Waals surface area contributed by atoms with E-state index < -0.39 is 17.7 Å². The molecule has 186 valence electrons. The standard InChI is InChI=1S/C25H29F2N5O3/c1-16-23(15-33)30-32(18-6-4-3-5-7-18)24(16)29-25(34)28-22-14-31(10-11-35-2)13-19(22)17-8-9-20(26)21(27)12-17/h3-9,12,19,22,33H,10-11,13-15H2,1-2H3,(H2,28,29,34). The number of hydrogen-bond acceptors (Lipinski definition) is 5. The summed E-state index contributed by atoms with van der Waals surface area (Å²) < 4.78 is 34.2. The molecule has 10 heteroatoms. The molecule has 0 radical (unpaired) electrons. The van der Waals surface area contributed by atoms with Gasteiger partial charge in [0.05, 0.1) is 30.6 Å². The Balaban J connectivity index is 1.56. The van der Waals surface area contributed by atoms with E-state index in [0.29, 0.717) is 48.9 Å². The number of aliphatic hydroxyl groups is 1. The fourth-order valence-corrected chi connectivity index (χ4v) is 4.42. The quantitative estimate of drug-likeness (QED) is 0.456. The molecular formula is C25H29F2N5O3. The number of benzene rings is 2. The van der Waals surface area contributed by atoms with Crippen LogP contribution in [0.1, 0.15) is 22.7 Å². The second-order valence-electron chi connectivity index (χ2n) is 8.56. The Bertz CT molecular complexity index is 1170. The summed E-state index contributed by atoms with van der Waals surface area (Å²) in [6.07, 6.45) is 0. The van der Waals surface area contributed by atoms with Gasteiger partial charge in [-0.2, -0.15) is 5.10 Å². The van der Waals surface area contributed by atoms with E-state index >= 15 is 0 Å². The molecule has 0 aliphatic carbocycles. The Hall–Kier alpha value is -3.34. The zero-order chi connectivity index (χ0) is 24.9. The molecule has 3 N–H and O–H groups in total. The molecule has 2 atom stereocenters. The van der Waals surface area contributed by atoms with Crippen molar-refractivity contribution < 1.29 is 23.4 Å². The number of urea groups is 1. The maximum absolute atomic E-state index is 14.0. The van der Waals surface area contributed by atoms with Crippen molar-refractivity contribution in [1.29, 1.82) is 0 Å². The van der Waals surface area contributed by atoms with Crippen LogP contribution in [0.5, 0.6) is 0 Å². The number of methoxy groups -OCH3 is 1. The molecule has 1 aliphatic heterocycles. The number of carbonyl (C=O) groups excluding carboxylic acids is 1. The molecule has 1 aliphatic rings. The molecular weight excluding hydrogens is 456 g/mol. The Morgan fingerprint density at radius 1 is 1.17 bits per heavy atom. The van der Waals surface area contributed by atoms with Crippen LogP contribution in [0.25, 0.3) is 5.69 Å². The minimum absolute atomic E-state index is 0.235. The highest BCUT2D eigenvalue weighted by Gasteiger charge is 2.35. The van der Waals surface area contributed by atoms with Crippen molar-refractivity contribution >= 4 is 11.8 Å². The number of aliphatic hydroxyl groups excluding tert-OH is 1. The lowest BCUT2D eigenvalue weighted by molar-refractivity contribution is 0.159. The topological polar surface area (TPSA) is 91.7 Å². The fourth-order valence-electron chi connectivity index (χ4n) is 4.42. The number of aromatic nitrogens is 2.